The molecule has 1 heterocycles. The number of allylic oxidation sites excluding steroid dienone is 8. The fourth-order valence-electron chi connectivity index (χ4n) is 3.88. The summed E-state index contributed by atoms with van der Waals surface area (Å²) in [6.45, 7) is 8.46. The van der Waals surface area contributed by atoms with Crippen LogP contribution in [0.3, 0.4) is 0 Å². The van der Waals surface area contributed by atoms with Crippen LogP contribution in [0.15, 0.2) is 96.1 Å². The summed E-state index contributed by atoms with van der Waals surface area (Å²) in [6, 6.07) is 16.4. The molecule has 0 saturated carbocycles. The van der Waals surface area contributed by atoms with Gasteiger partial charge in [0.2, 0.25) is 0 Å². The molecule has 4 rings (SSSR count). The van der Waals surface area contributed by atoms with Crippen LogP contribution < -0.4 is 4.74 Å². The normalized spacial score (nSPS) is 15.3. The molecule has 2 aromatic rings. The number of hydrogen-bond acceptors (Lipinski definition) is 2. The Hall–Kier alpha value is -3.59. The first-order chi connectivity index (χ1) is 15.6. The largest absolute Gasteiger partial charge is 0.497 e. The minimum absolute atomic E-state index is 0.827. The van der Waals surface area contributed by atoms with Crippen molar-refractivity contribution in [3.8, 4) is 5.75 Å². The lowest BCUT2D eigenvalue weighted by Gasteiger charge is -2.20. The third kappa shape index (κ3) is 4.67. The average molecular weight is 425 g/mol. The van der Waals surface area contributed by atoms with Crippen LogP contribution in [-0.2, 0) is 4.74 Å². The number of hydrogen-bond donors (Lipinski definition) is 0. The van der Waals surface area contributed by atoms with Gasteiger partial charge in [-0.2, -0.15) is 0 Å². The van der Waals surface area contributed by atoms with Gasteiger partial charge in [0.05, 0.1) is 7.11 Å². The fourth-order valence-corrected chi connectivity index (χ4v) is 3.88. The number of ether oxygens (including phenoxy) is 2. The number of aryl methyl sites for hydroxylation is 1. The predicted molar refractivity (Wildman–Crippen MR) is 133 cm³/mol. The SMILES string of the molecule is CC[N+](CC)=C1C=CC(=C2C=C(c3ccc(C)cc3)OC(c3ccc(OC)cc3)=C2)C=C1. The van der Waals surface area contributed by atoms with E-state index in [4.69, 9.17) is 9.47 Å². The summed E-state index contributed by atoms with van der Waals surface area (Å²) < 4.78 is 14.0. The molecule has 3 nitrogen and oxygen atoms in total. The van der Waals surface area contributed by atoms with E-state index in [0.717, 1.165) is 47.1 Å². The van der Waals surface area contributed by atoms with E-state index in [1.54, 1.807) is 7.11 Å². The summed E-state index contributed by atoms with van der Waals surface area (Å²) >= 11 is 0. The smallest absolute Gasteiger partial charge is 0.199 e. The highest BCUT2D eigenvalue weighted by Crippen LogP contribution is 2.34. The number of methoxy groups -OCH3 is 1. The van der Waals surface area contributed by atoms with Crippen LogP contribution in [0.25, 0.3) is 11.5 Å². The maximum absolute atomic E-state index is 6.37. The minimum atomic E-state index is 0.827. The van der Waals surface area contributed by atoms with Gasteiger partial charge in [-0.15, -0.1) is 0 Å². The summed E-state index contributed by atoms with van der Waals surface area (Å²) in [6.07, 6.45) is 13.0. The van der Waals surface area contributed by atoms with Crippen molar-refractivity contribution < 1.29 is 14.0 Å². The van der Waals surface area contributed by atoms with Crippen molar-refractivity contribution in [2.45, 2.75) is 20.8 Å². The minimum Gasteiger partial charge on any atom is -0.497 e. The van der Waals surface area contributed by atoms with E-state index >= 15 is 0 Å². The zero-order chi connectivity index (χ0) is 22.5. The molecule has 32 heavy (non-hydrogen) atoms. The van der Waals surface area contributed by atoms with Crippen molar-refractivity contribution in [2.75, 3.05) is 20.2 Å². The molecule has 1 aliphatic heterocycles. The Labute approximate surface area is 191 Å². The van der Waals surface area contributed by atoms with Crippen molar-refractivity contribution >= 4 is 17.2 Å². The molecule has 0 radical (unpaired) electrons. The summed E-state index contributed by atoms with van der Waals surface area (Å²) in [5.74, 6) is 2.50. The monoisotopic (exact) mass is 424 g/mol. The van der Waals surface area contributed by atoms with E-state index in [2.05, 4.69) is 86.1 Å². The average Bonchev–Trinajstić information content (AvgIpc) is 2.85. The molecule has 0 amide bonds. The Bertz CT molecular complexity index is 1150. The molecule has 1 aliphatic carbocycles. The van der Waals surface area contributed by atoms with Gasteiger partial charge >= 0.3 is 0 Å². The molecule has 2 aromatic carbocycles. The van der Waals surface area contributed by atoms with Crippen molar-refractivity contribution in [1.82, 2.24) is 0 Å². The van der Waals surface area contributed by atoms with Gasteiger partial charge in [0.25, 0.3) is 0 Å². The molecule has 0 bridgehead atoms. The van der Waals surface area contributed by atoms with Gasteiger partial charge in [0.15, 0.2) is 5.71 Å². The quantitative estimate of drug-likeness (QED) is 0.523. The van der Waals surface area contributed by atoms with E-state index < -0.39 is 0 Å². The molecule has 2 aliphatic rings. The van der Waals surface area contributed by atoms with Gasteiger partial charge in [0, 0.05) is 23.3 Å². The second-order valence-corrected chi connectivity index (χ2v) is 7.89. The highest BCUT2D eigenvalue weighted by atomic mass is 16.5. The van der Waals surface area contributed by atoms with E-state index in [0.29, 0.717) is 0 Å². The highest BCUT2D eigenvalue weighted by molar-refractivity contribution is 6.02. The van der Waals surface area contributed by atoms with Crippen LogP contribution in [0.4, 0.5) is 0 Å². The van der Waals surface area contributed by atoms with Gasteiger partial charge in [-0.05, 0) is 80.5 Å². The first kappa shape index (κ1) is 21.6. The zero-order valence-corrected chi connectivity index (χ0v) is 19.3. The molecular formula is C29H30NO2+. The Morgan fingerprint density at radius 1 is 0.719 bits per heavy atom. The summed E-state index contributed by atoms with van der Waals surface area (Å²) in [5, 5.41) is 0. The molecular weight excluding hydrogens is 394 g/mol. The molecule has 0 aromatic heterocycles. The summed E-state index contributed by atoms with van der Waals surface area (Å²) in [5.41, 5.74) is 6.84. The molecule has 0 spiro atoms. The van der Waals surface area contributed by atoms with Crippen molar-refractivity contribution in [3.63, 3.8) is 0 Å². The van der Waals surface area contributed by atoms with Crippen LogP contribution in [0.2, 0.25) is 0 Å². The van der Waals surface area contributed by atoms with Crippen LogP contribution in [0, 0.1) is 6.92 Å². The molecule has 162 valence electrons. The highest BCUT2D eigenvalue weighted by Gasteiger charge is 2.18. The second-order valence-electron chi connectivity index (χ2n) is 7.89. The number of rotatable bonds is 5. The maximum Gasteiger partial charge on any atom is 0.199 e. The predicted octanol–water partition coefficient (Wildman–Crippen LogP) is 6.33. The molecule has 0 saturated heterocycles. The van der Waals surface area contributed by atoms with Crippen molar-refractivity contribution in [1.29, 1.82) is 0 Å². The third-order valence-corrected chi connectivity index (χ3v) is 5.83. The molecule has 0 fully saturated rings. The molecule has 3 heteroatoms. The maximum atomic E-state index is 6.37. The van der Waals surface area contributed by atoms with Crippen molar-refractivity contribution in [3.05, 3.63) is 113 Å². The lowest BCUT2D eigenvalue weighted by molar-refractivity contribution is -0.519. The lowest BCUT2D eigenvalue weighted by Crippen LogP contribution is -2.19. The Kier molecular flexibility index (Phi) is 6.55. The van der Waals surface area contributed by atoms with Crippen LogP contribution in [-0.4, -0.2) is 30.5 Å². The van der Waals surface area contributed by atoms with Gasteiger partial charge in [0.1, 0.15) is 30.4 Å². The van der Waals surface area contributed by atoms with Crippen molar-refractivity contribution in [2.24, 2.45) is 0 Å². The third-order valence-electron chi connectivity index (χ3n) is 5.83. The van der Waals surface area contributed by atoms with Gasteiger partial charge < -0.3 is 9.47 Å². The van der Waals surface area contributed by atoms with E-state index in [9.17, 15) is 0 Å². The Balaban J connectivity index is 1.77. The zero-order valence-electron chi connectivity index (χ0n) is 19.3. The topological polar surface area (TPSA) is 21.5 Å². The molecule has 0 atom stereocenters. The standard InChI is InChI=1S/C29H30NO2/c1-5-30(6-2)26-15-11-22(12-16-26)25-19-28(23-9-7-21(3)8-10-23)32-29(20-25)24-13-17-27(31-4)18-14-24/h7-20H,5-6H2,1-4H3/q+1. The van der Waals surface area contributed by atoms with Gasteiger partial charge in [-0.1, -0.05) is 29.8 Å². The van der Waals surface area contributed by atoms with E-state index in [-0.39, 0.29) is 0 Å². The van der Waals surface area contributed by atoms with Crippen LogP contribution >= 0.6 is 0 Å². The Morgan fingerprint density at radius 3 is 1.75 bits per heavy atom. The van der Waals surface area contributed by atoms with E-state index in [1.165, 1.54) is 16.8 Å². The molecule has 0 N–H and O–H groups in total. The molecule has 0 unspecified atom stereocenters. The van der Waals surface area contributed by atoms with E-state index in [1.807, 2.05) is 24.3 Å². The number of benzene rings is 2. The number of nitrogens with zero attached hydrogens (tertiary/aromatic N) is 1. The second kappa shape index (κ2) is 9.69. The fraction of sp³-hybridized carbons (Fsp3) is 0.207. The van der Waals surface area contributed by atoms with Crippen LogP contribution in [0.5, 0.6) is 5.75 Å². The first-order valence-corrected chi connectivity index (χ1v) is 11.2. The first-order valence-electron chi connectivity index (χ1n) is 11.2. The Morgan fingerprint density at radius 2 is 1.25 bits per heavy atom. The summed E-state index contributed by atoms with van der Waals surface area (Å²) in [4.78, 5) is 0. The van der Waals surface area contributed by atoms with Gasteiger partial charge in [-0.25, -0.2) is 4.58 Å². The van der Waals surface area contributed by atoms with Gasteiger partial charge in [-0.3, -0.25) is 0 Å². The summed E-state index contributed by atoms with van der Waals surface area (Å²) in [7, 11) is 1.68. The van der Waals surface area contributed by atoms with Crippen LogP contribution in [0.1, 0.15) is 30.5 Å². The lowest BCUT2D eigenvalue weighted by atomic mass is 9.97.